The van der Waals surface area contributed by atoms with E-state index in [2.05, 4.69) is 74.1 Å². The molecular formula is C15H23NSi. The Balaban J connectivity index is 2.68. The summed E-state index contributed by atoms with van der Waals surface area (Å²) in [6, 6.07) is 15.1. The van der Waals surface area contributed by atoms with Crippen LogP contribution in [0.25, 0.3) is 0 Å². The van der Waals surface area contributed by atoms with Gasteiger partial charge in [-0.15, -0.1) is 0 Å². The van der Waals surface area contributed by atoms with Gasteiger partial charge in [0.1, 0.15) is 0 Å². The van der Waals surface area contributed by atoms with E-state index in [1.165, 1.54) is 5.19 Å². The topological polar surface area (TPSA) is 3.24 Å². The molecule has 0 aliphatic rings. The predicted octanol–water partition coefficient (Wildman–Crippen LogP) is 2.90. The molecule has 92 valence electrons. The normalized spacial score (nSPS) is 10.6. The molecule has 0 saturated carbocycles. The molecule has 0 spiro atoms. The number of rotatable bonds is 4. The lowest BCUT2D eigenvalue weighted by Gasteiger charge is -2.20. The van der Waals surface area contributed by atoms with Gasteiger partial charge in [-0.05, 0) is 13.8 Å². The summed E-state index contributed by atoms with van der Waals surface area (Å²) in [4.78, 5) is 2.16. The minimum atomic E-state index is -1.37. The van der Waals surface area contributed by atoms with Crippen LogP contribution in [-0.4, -0.2) is 26.1 Å². The zero-order chi connectivity index (χ0) is 12.7. The molecular weight excluding hydrogens is 222 g/mol. The molecule has 0 N–H and O–H groups in total. The van der Waals surface area contributed by atoms with E-state index in [4.69, 9.17) is 0 Å². The second kappa shape index (κ2) is 6.51. The fourth-order valence-electron chi connectivity index (χ4n) is 1.75. The van der Waals surface area contributed by atoms with Crippen LogP contribution in [0.3, 0.4) is 0 Å². The van der Waals surface area contributed by atoms with Crippen LogP contribution in [0.15, 0.2) is 30.3 Å². The lowest BCUT2D eigenvalue weighted by Crippen LogP contribution is -2.40. The van der Waals surface area contributed by atoms with Gasteiger partial charge in [-0.2, -0.15) is 0 Å². The lowest BCUT2D eigenvalue weighted by atomic mass is 10.4. The van der Waals surface area contributed by atoms with Crippen LogP contribution in [0.4, 0.5) is 0 Å². The van der Waals surface area contributed by atoms with Crippen molar-refractivity contribution in [2.24, 2.45) is 0 Å². The molecule has 0 fully saturated rings. The van der Waals surface area contributed by atoms with E-state index in [-0.39, 0.29) is 0 Å². The van der Waals surface area contributed by atoms with E-state index in [0.29, 0.717) is 0 Å². The summed E-state index contributed by atoms with van der Waals surface area (Å²) in [6.07, 6.45) is 0. The Hall–Kier alpha value is -1.20. The molecule has 17 heavy (non-hydrogen) atoms. The molecule has 1 nitrogen and oxygen atoms in total. The van der Waals surface area contributed by atoms with Crippen LogP contribution >= 0.6 is 0 Å². The fourth-order valence-corrected chi connectivity index (χ4v) is 3.57. The van der Waals surface area contributed by atoms with Gasteiger partial charge >= 0.3 is 0 Å². The minimum absolute atomic E-state index is 1.01. The summed E-state index contributed by atoms with van der Waals surface area (Å²) in [5, 5.41) is 1.49. The second-order valence-corrected chi connectivity index (χ2v) is 9.59. The Bertz CT molecular complexity index is 382. The molecule has 0 unspecified atom stereocenters. The third-order valence-electron chi connectivity index (χ3n) is 3.09. The lowest BCUT2D eigenvalue weighted by molar-refractivity contribution is 0.444. The van der Waals surface area contributed by atoms with E-state index in [1.54, 1.807) is 0 Å². The first-order chi connectivity index (χ1) is 8.10. The molecule has 1 rings (SSSR count). The van der Waals surface area contributed by atoms with Crippen molar-refractivity contribution in [2.45, 2.75) is 33.0 Å². The van der Waals surface area contributed by atoms with Gasteiger partial charge in [-0.1, -0.05) is 54.5 Å². The van der Waals surface area contributed by atoms with Gasteiger partial charge in [0.2, 0.25) is 0 Å². The number of benzene rings is 1. The molecule has 0 atom stereocenters. The molecule has 0 aliphatic carbocycles. The van der Waals surface area contributed by atoms with Gasteiger partial charge < -0.3 is 4.90 Å². The van der Waals surface area contributed by atoms with Gasteiger partial charge in [0.25, 0.3) is 0 Å². The zero-order valence-corrected chi connectivity index (χ0v) is 12.5. The molecule has 1 aromatic rings. The van der Waals surface area contributed by atoms with Gasteiger partial charge in [0.05, 0.1) is 8.07 Å². The molecule has 1 aromatic carbocycles. The van der Waals surface area contributed by atoms with Gasteiger partial charge in [0.15, 0.2) is 0 Å². The number of hydrogen-bond donors (Lipinski definition) is 0. The minimum Gasteiger partial charge on any atom is -0.333 e. The summed E-state index contributed by atoms with van der Waals surface area (Å²) in [7, 11) is -1.37. The highest BCUT2D eigenvalue weighted by atomic mass is 28.3. The van der Waals surface area contributed by atoms with Crippen LogP contribution in [-0.2, 0) is 0 Å². The van der Waals surface area contributed by atoms with Crippen molar-refractivity contribution in [3.8, 4) is 12.0 Å². The van der Waals surface area contributed by atoms with Crippen molar-refractivity contribution in [3.05, 3.63) is 30.3 Å². The maximum absolute atomic E-state index is 3.36. The van der Waals surface area contributed by atoms with Crippen LogP contribution in [0.5, 0.6) is 0 Å². The third-order valence-corrected chi connectivity index (χ3v) is 6.04. The Labute approximate surface area is 107 Å². The predicted molar refractivity (Wildman–Crippen MR) is 79.1 cm³/mol. The van der Waals surface area contributed by atoms with Crippen molar-refractivity contribution in [3.63, 3.8) is 0 Å². The maximum Gasteiger partial charge on any atom is 0.0927 e. The van der Waals surface area contributed by atoms with Crippen molar-refractivity contribution >= 4 is 13.3 Å². The smallest absolute Gasteiger partial charge is 0.0927 e. The van der Waals surface area contributed by atoms with Crippen LogP contribution in [0.2, 0.25) is 19.1 Å². The van der Waals surface area contributed by atoms with E-state index < -0.39 is 8.07 Å². The first-order valence-electron chi connectivity index (χ1n) is 6.39. The summed E-state index contributed by atoms with van der Waals surface area (Å²) in [5.41, 5.74) is 0. The van der Waals surface area contributed by atoms with Crippen LogP contribution < -0.4 is 5.19 Å². The molecule has 0 amide bonds. The highest BCUT2D eigenvalue weighted by Crippen LogP contribution is 2.08. The molecule has 0 aliphatic heterocycles. The Morgan fingerprint density at radius 3 is 2.18 bits per heavy atom. The average Bonchev–Trinajstić information content (AvgIpc) is 2.36. The third kappa shape index (κ3) is 4.28. The van der Waals surface area contributed by atoms with Crippen LogP contribution in [0.1, 0.15) is 13.8 Å². The van der Waals surface area contributed by atoms with Gasteiger partial charge in [-0.3, -0.25) is 0 Å². The van der Waals surface area contributed by atoms with Crippen molar-refractivity contribution in [2.75, 3.05) is 13.1 Å². The SMILES string of the molecule is CCN(C#CC[Si](C)(C)c1ccccc1)CC. The highest BCUT2D eigenvalue weighted by molar-refractivity contribution is 6.90. The van der Waals surface area contributed by atoms with E-state index in [0.717, 1.165) is 19.1 Å². The summed E-state index contributed by atoms with van der Waals surface area (Å²) >= 11 is 0. The van der Waals surface area contributed by atoms with Crippen LogP contribution in [0, 0.1) is 12.0 Å². The van der Waals surface area contributed by atoms with E-state index >= 15 is 0 Å². The summed E-state index contributed by atoms with van der Waals surface area (Å²) in [5.74, 6) is 3.36. The van der Waals surface area contributed by atoms with Gasteiger partial charge in [0, 0.05) is 25.2 Å². The Morgan fingerprint density at radius 2 is 1.65 bits per heavy atom. The monoisotopic (exact) mass is 245 g/mol. The molecule has 0 saturated heterocycles. The molecule has 0 aromatic heterocycles. The largest absolute Gasteiger partial charge is 0.333 e. The van der Waals surface area contributed by atoms with Crippen molar-refractivity contribution in [1.82, 2.24) is 4.90 Å². The molecule has 0 heterocycles. The maximum atomic E-state index is 3.36. The quantitative estimate of drug-likeness (QED) is 0.448. The van der Waals surface area contributed by atoms with E-state index in [1.807, 2.05) is 0 Å². The Kier molecular flexibility index (Phi) is 5.31. The van der Waals surface area contributed by atoms with E-state index in [9.17, 15) is 0 Å². The number of hydrogen-bond acceptors (Lipinski definition) is 1. The fraction of sp³-hybridized carbons (Fsp3) is 0.467. The standard InChI is InChI=1S/C15H23NSi/c1-5-16(6-2)13-10-14-17(3,4)15-11-8-7-9-12-15/h7-9,11-12H,5-6,14H2,1-4H3. The second-order valence-electron chi connectivity index (χ2n) is 4.89. The Morgan fingerprint density at radius 1 is 1.06 bits per heavy atom. The van der Waals surface area contributed by atoms with Gasteiger partial charge in [-0.25, -0.2) is 0 Å². The first kappa shape index (κ1) is 13.9. The summed E-state index contributed by atoms with van der Waals surface area (Å²) in [6.45, 7) is 11.1. The average molecular weight is 245 g/mol. The first-order valence-corrected chi connectivity index (χ1v) is 9.60. The molecule has 0 radical (unpaired) electrons. The van der Waals surface area contributed by atoms with Crippen molar-refractivity contribution in [1.29, 1.82) is 0 Å². The molecule has 0 bridgehead atoms. The highest BCUT2D eigenvalue weighted by Gasteiger charge is 2.21. The molecule has 2 heteroatoms. The summed E-state index contributed by atoms with van der Waals surface area (Å²) < 4.78 is 0. The zero-order valence-electron chi connectivity index (χ0n) is 11.5. The number of nitrogens with zero attached hydrogens (tertiary/aromatic N) is 1. The van der Waals surface area contributed by atoms with Crippen molar-refractivity contribution < 1.29 is 0 Å².